The predicted octanol–water partition coefficient (Wildman–Crippen LogP) is 1.71. The van der Waals surface area contributed by atoms with E-state index >= 15 is 0 Å². The number of nitrogens with one attached hydrogen (secondary N) is 2. The highest BCUT2D eigenvalue weighted by Crippen LogP contribution is 2.17. The number of hydrogen-bond acceptors (Lipinski definition) is 3. The molecule has 0 saturated heterocycles. The second-order valence-electron chi connectivity index (χ2n) is 4.10. The minimum Gasteiger partial charge on any atom is -0.481 e. The second kappa shape index (κ2) is 4.45. The largest absolute Gasteiger partial charge is 0.481 e. The summed E-state index contributed by atoms with van der Waals surface area (Å²) in [7, 11) is 1.56. The van der Waals surface area contributed by atoms with Crippen molar-refractivity contribution in [2.24, 2.45) is 0 Å². The molecule has 0 aliphatic heterocycles. The molecule has 5 nitrogen and oxygen atoms in total. The van der Waals surface area contributed by atoms with Crippen molar-refractivity contribution in [1.82, 2.24) is 15.3 Å². The Morgan fingerprint density at radius 2 is 2.24 bits per heavy atom. The lowest BCUT2D eigenvalue weighted by atomic mass is 10.3. The average Bonchev–Trinajstić information content (AvgIpc) is 2.70. The summed E-state index contributed by atoms with van der Waals surface area (Å²) in [5.74, 6) is 0.407. The van der Waals surface area contributed by atoms with Gasteiger partial charge in [0, 0.05) is 12.1 Å². The molecule has 0 atom stereocenters. The number of amides is 1. The number of fused-ring (bicyclic) bond motifs is 1. The molecule has 2 aromatic heterocycles. The van der Waals surface area contributed by atoms with Crippen LogP contribution in [0, 0.1) is 0 Å². The first-order valence-corrected chi connectivity index (χ1v) is 5.45. The van der Waals surface area contributed by atoms with Gasteiger partial charge in [-0.1, -0.05) is 0 Å². The monoisotopic (exact) mass is 233 g/mol. The Balaban J connectivity index is 2.34. The normalized spacial score (nSPS) is 10.8. The molecule has 2 heterocycles. The highest BCUT2D eigenvalue weighted by Gasteiger charge is 2.11. The summed E-state index contributed by atoms with van der Waals surface area (Å²) in [6.45, 7) is 3.84. The van der Waals surface area contributed by atoms with Gasteiger partial charge in [-0.05, 0) is 26.0 Å². The van der Waals surface area contributed by atoms with Crippen molar-refractivity contribution in [3.05, 3.63) is 23.9 Å². The van der Waals surface area contributed by atoms with Gasteiger partial charge in [-0.2, -0.15) is 0 Å². The quantitative estimate of drug-likeness (QED) is 0.848. The van der Waals surface area contributed by atoms with Gasteiger partial charge in [-0.3, -0.25) is 4.79 Å². The molecule has 1 amide bonds. The summed E-state index contributed by atoms with van der Waals surface area (Å²) in [6, 6.07) is 5.42. The molecule has 2 aromatic rings. The summed E-state index contributed by atoms with van der Waals surface area (Å²) in [5.41, 5.74) is 2.05. The van der Waals surface area contributed by atoms with Crippen LogP contribution in [0.5, 0.6) is 5.88 Å². The number of methoxy groups -OCH3 is 1. The van der Waals surface area contributed by atoms with Crippen LogP contribution in [0.15, 0.2) is 18.2 Å². The molecule has 2 N–H and O–H groups in total. The fraction of sp³-hybridized carbons (Fsp3) is 0.333. The van der Waals surface area contributed by atoms with E-state index in [2.05, 4.69) is 15.3 Å². The van der Waals surface area contributed by atoms with Gasteiger partial charge in [0.15, 0.2) is 0 Å². The molecule has 0 bridgehead atoms. The smallest absolute Gasteiger partial charge is 0.267 e. The number of nitrogens with zero attached hydrogens (tertiary/aromatic N) is 1. The molecule has 0 unspecified atom stereocenters. The Hall–Kier alpha value is -2.04. The minimum absolute atomic E-state index is 0.108. The number of ether oxygens (including phenoxy) is 1. The van der Waals surface area contributed by atoms with E-state index in [0.29, 0.717) is 11.6 Å². The Labute approximate surface area is 99.2 Å². The lowest BCUT2D eigenvalue weighted by Crippen LogP contribution is -2.30. The lowest BCUT2D eigenvalue weighted by Gasteiger charge is -2.05. The van der Waals surface area contributed by atoms with Crippen molar-refractivity contribution < 1.29 is 9.53 Å². The van der Waals surface area contributed by atoms with Crippen LogP contribution in [0.25, 0.3) is 11.0 Å². The van der Waals surface area contributed by atoms with Gasteiger partial charge >= 0.3 is 0 Å². The standard InChI is InChI=1S/C12H15N3O2/c1-7(2)13-12(16)10-6-9-8(14-10)4-5-11(15-9)17-3/h4-7,14H,1-3H3,(H,13,16). The molecule has 0 aromatic carbocycles. The number of aromatic nitrogens is 2. The fourth-order valence-corrected chi connectivity index (χ4v) is 1.57. The van der Waals surface area contributed by atoms with E-state index in [1.54, 1.807) is 19.2 Å². The second-order valence-corrected chi connectivity index (χ2v) is 4.10. The number of pyridine rings is 1. The van der Waals surface area contributed by atoms with Crippen LogP contribution in [0.4, 0.5) is 0 Å². The van der Waals surface area contributed by atoms with E-state index in [4.69, 9.17) is 4.74 Å². The zero-order valence-electron chi connectivity index (χ0n) is 10.1. The van der Waals surface area contributed by atoms with Crippen LogP contribution >= 0.6 is 0 Å². The fourth-order valence-electron chi connectivity index (χ4n) is 1.57. The van der Waals surface area contributed by atoms with Crippen molar-refractivity contribution >= 4 is 16.9 Å². The Bertz CT molecular complexity index is 546. The highest BCUT2D eigenvalue weighted by atomic mass is 16.5. The van der Waals surface area contributed by atoms with Gasteiger partial charge in [0.05, 0.1) is 18.1 Å². The first kappa shape index (κ1) is 11.4. The third-order valence-corrected chi connectivity index (χ3v) is 2.32. The van der Waals surface area contributed by atoms with Gasteiger partial charge in [-0.25, -0.2) is 4.98 Å². The van der Waals surface area contributed by atoms with E-state index < -0.39 is 0 Å². The van der Waals surface area contributed by atoms with Gasteiger partial charge in [0.2, 0.25) is 5.88 Å². The first-order valence-electron chi connectivity index (χ1n) is 5.45. The van der Waals surface area contributed by atoms with Gasteiger partial charge < -0.3 is 15.0 Å². The van der Waals surface area contributed by atoms with Crippen LogP contribution in [0.1, 0.15) is 24.3 Å². The van der Waals surface area contributed by atoms with Crippen LogP contribution in [-0.4, -0.2) is 29.0 Å². The molecule has 0 spiro atoms. The zero-order chi connectivity index (χ0) is 12.4. The van der Waals surface area contributed by atoms with Crippen molar-refractivity contribution in [3.8, 4) is 5.88 Å². The third-order valence-electron chi connectivity index (χ3n) is 2.32. The van der Waals surface area contributed by atoms with Gasteiger partial charge in [-0.15, -0.1) is 0 Å². The van der Waals surface area contributed by atoms with Crippen molar-refractivity contribution in [2.75, 3.05) is 7.11 Å². The highest BCUT2D eigenvalue weighted by molar-refractivity contribution is 5.97. The molecular formula is C12H15N3O2. The number of carbonyl (C=O) groups is 1. The maximum absolute atomic E-state index is 11.8. The van der Waals surface area contributed by atoms with Crippen LogP contribution in [0.2, 0.25) is 0 Å². The summed E-state index contributed by atoms with van der Waals surface area (Å²) >= 11 is 0. The summed E-state index contributed by atoms with van der Waals surface area (Å²) in [4.78, 5) is 19.0. The predicted molar refractivity (Wildman–Crippen MR) is 65.2 cm³/mol. The average molecular weight is 233 g/mol. The molecule has 0 fully saturated rings. The van der Waals surface area contributed by atoms with E-state index in [1.165, 1.54) is 0 Å². The van der Waals surface area contributed by atoms with E-state index in [1.807, 2.05) is 19.9 Å². The molecule has 0 saturated carbocycles. The number of rotatable bonds is 3. The molecule has 90 valence electrons. The molecule has 0 aliphatic rings. The SMILES string of the molecule is COc1ccc2[nH]c(C(=O)NC(C)C)cc2n1. The summed E-state index contributed by atoms with van der Waals surface area (Å²) in [6.07, 6.45) is 0. The van der Waals surface area contributed by atoms with Crippen molar-refractivity contribution in [2.45, 2.75) is 19.9 Å². The molecule has 0 radical (unpaired) electrons. The van der Waals surface area contributed by atoms with Gasteiger partial charge in [0.1, 0.15) is 5.69 Å². The first-order chi connectivity index (χ1) is 8.10. The molecule has 5 heteroatoms. The number of carbonyl (C=O) groups excluding carboxylic acids is 1. The third kappa shape index (κ3) is 2.38. The molecule has 17 heavy (non-hydrogen) atoms. The maximum Gasteiger partial charge on any atom is 0.267 e. The Morgan fingerprint density at radius 1 is 1.47 bits per heavy atom. The van der Waals surface area contributed by atoms with Crippen molar-refractivity contribution in [3.63, 3.8) is 0 Å². The van der Waals surface area contributed by atoms with Crippen molar-refractivity contribution in [1.29, 1.82) is 0 Å². The number of H-pyrrole nitrogens is 1. The number of aromatic amines is 1. The van der Waals surface area contributed by atoms with Crippen LogP contribution < -0.4 is 10.1 Å². The summed E-state index contributed by atoms with van der Waals surface area (Å²) in [5, 5.41) is 2.82. The number of hydrogen-bond donors (Lipinski definition) is 2. The van der Waals surface area contributed by atoms with E-state index in [9.17, 15) is 4.79 Å². The molecule has 2 rings (SSSR count). The van der Waals surface area contributed by atoms with E-state index in [-0.39, 0.29) is 11.9 Å². The molecule has 0 aliphatic carbocycles. The van der Waals surface area contributed by atoms with Gasteiger partial charge in [0.25, 0.3) is 5.91 Å². The summed E-state index contributed by atoms with van der Waals surface area (Å²) < 4.78 is 5.03. The topological polar surface area (TPSA) is 67.0 Å². The van der Waals surface area contributed by atoms with Crippen LogP contribution in [-0.2, 0) is 0 Å². The lowest BCUT2D eigenvalue weighted by molar-refractivity contribution is 0.0939. The Kier molecular flexibility index (Phi) is 2.99. The van der Waals surface area contributed by atoms with Crippen LogP contribution in [0.3, 0.4) is 0 Å². The van der Waals surface area contributed by atoms with E-state index in [0.717, 1.165) is 11.0 Å². The Morgan fingerprint density at radius 3 is 2.88 bits per heavy atom. The maximum atomic E-state index is 11.8. The molecular weight excluding hydrogens is 218 g/mol. The zero-order valence-corrected chi connectivity index (χ0v) is 10.1. The minimum atomic E-state index is -0.128.